The van der Waals surface area contributed by atoms with Crippen molar-refractivity contribution in [3.8, 4) is 17.1 Å². The molecule has 252 valence electrons. The molecular weight excluding hydrogens is 634 g/mol. The van der Waals surface area contributed by atoms with Gasteiger partial charge >= 0.3 is 12.1 Å². The van der Waals surface area contributed by atoms with Crippen LogP contribution in [-0.2, 0) is 35.6 Å². The van der Waals surface area contributed by atoms with Gasteiger partial charge in [-0.15, -0.1) is 0 Å². The summed E-state index contributed by atoms with van der Waals surface area (Å²) in [4.78, 5) is 34.5. The van der Waals surface area contributed by atoms with Gasteiger partial charge in [0.15, 0.2) is 0 Å². The maximum atomic E-state index is 15.8. The summed E-state index contributed by atoms with van der Waals surface area (Å²) < 4.78 is 49.9. The van der Waals surface area contributed by atoms with Gasteiger partial charge < -0.3 is 23.9 Å². The molecule has 49 heavy (non-hydrogen) atoms. The Morgan fingerprint density at radius 2 is 1.82 bits per heavy atom. The molecule has 0 radical (unpaired) electrons. The molecule has 1 saturated heterocycles. The summed E-state index contributed by atoms with van der Waals surface area (Å²) in [5, 5.41) is 9.62. The van der Waals surface area contributed by atoms with Gasteiger partial charge in [0.1, 0.15) is 24.1 Å². The van der Waals surface area contributed by atoms with E-state index in [1.54, 1.807) is 35.2 Å². The third kappa shape index (κ3) is 6.19. The fraction of sp³-hybridized carbons (Fsp3) is 0.297. The summed E-state index contributed by atoms with van der Waals surface area (Å²) in [5.41, 5.74) is 4.17. The largest absolute Gasteiger partial charge is 0.478 e. The Kier molecular flexibility index (Phi) is 8.27. The van der Waals surface area contributed by atoms with Crippen molar-refractivity contribution in [3.05, 3.63) is 112 Å². The highest BCUT2D eigenvalue weighted by Crippen LogP contribution is 2.41. The van der Waals surface area contributed by atoms with E-state index in [2.05, 4.69) is 4.98 Å². The number of fused-ring (bicyclic) bond motifs is 2. The smallest absolute Gasteiger partial charge is 0.410 e. The van der Waals surface area contributed by atoms with Crippen LogP contribution in [0.2, 0.25) is 0 Å². The summed E-state index contributed by atoms with van der Waals surface area (Å²) in [6, 6.07) is 17.5. The summed E-state index contributed by atoms with van der Waals surface area (Å²) in [6.45, 7) is 6.08. The van der Waals surface area contributed by atoms with Gasteiger partial charge in [-0.25, -0.2) is 28.3 Å². The number of carbonyl (C=O) groups is 2. The standard InChI is InChI=1S/C37H34F2N4O6/c1-37(2)20-48-19-32(37)43-31-13-22(35(44)45)9-10-30(31)40-33(43)14-24-12-28(39)26(15-27(24)38)29-5-4-6-34(41-29)49-18-21-7-8-23-16-42(36(46)47-3)17-25(23)11-21/h4-13,15,32H,14,16-20H2,1-3H3,(H,44,45)/t32-/m1/s1. The first kappa shape index (κ1) is 32.2. The fourth-order valence-electron chi connectivity index (χ4n) is 6.62. The fourth-order valence-corrected chi connectivity index (χ4v) is 6.62. The number of imidazole rings is 1. The number of halogens is 2. The highest BCUT2D eigenvalue weighted by Gasteiger charge is 2.39. The van der Waals surface area contributed by atoms with E-state index in [1.807, 2.05) is 36.6 Å². The monoisotopic (exact) mass is 668 g/mol. The van der Waals surface area contributed by atoms with E-state index in [4.69, 9.17) is 19.2 Å². The van der Waals surface area contributed by atoms with Gasteiger partial charge in [0.05, 0.1) is 48.7 Å². The number of rotatable bonds is 8. The molecular formula is C37H34F2N4O6. The Balaban J connectivity index is 1.13. The van der Waals surface area contributed by atoms with Crippen molar-refractivity contribution in [1.29, 1.82) is 0 Å². The van der Waals surface area contributed by atoms with E-state index >= 15 is 8.78 Å². The molecule has 1 amide bonds. The van der Waals surface area contributed by atoms with Crippen LogP contribution in [0, 0.1) is 17.0 Å². The van der Waals surface area contributed by atoms with Crippen LogP contribution < -0.4 is 4.74 Å². The number of hydrogen-bond acceptors (Lipinski definition) is 7. The first-order valence-electron chi connectivity index (χ1n) is 15.8. The van der Waals surface area contributed by atoms with E-state index in [0.29, 0.717) is 43.2 Å². The zero-order valence-corrected chi connectivity index (χ0v) is 27.2. The molecule has 0 aliphatic carbocycles. The first-order valence-corrected chi connectivity index (χ1v) is 15.8. The minimum atomic E-state index is -1.07. The molecule has 2 aliphatic rings. The summed E-state index contributed by atoms with van der Waals surface area (Å²) in [5.74, 6) is -1.63. The van der Waals surface area contributed by atoms with Gasteiger partial charge in [-0.1, -0.05) is 38.1 Å². The van der Waals surface area contributed by atoms with Crippen LogP contribution >= 0.6 is 0 Å². The minimum Gasteiger partial charge on any atom is -0.478 e. The van der Waals surface area contributed by atoms with Crippen molar-refractivity contribution in [2.24, 2.45) is 5.41 Å². The predicted molar refractivity (Wildman–Crippen MR) is 175 cm³/mol. The van der Waals surface area contributed by atoms with Gasteiger partial charge in [-0.3, -0.25) is 4.90 Å². The molecule has 3 aromatic carbocycles. The number of pyridine rings is 1. The van der Waals surface area contributed by atoms with E-state index in [9.17, 15) is 14.7 Å². The van der Waals surface area contributed by atoms with Gasteiger partial charge in [0.25, 0.3) is 0 Å². The van der Waals surface area contributed by atoms with Crippen molar-refractivity contribution >= 4 is 23.1 Å². The number of ether oxygens (including phenoxy) is 3. The quantitative estimate of drug-likeness (QED) is 0.189. The van der Waals surface area contributed by atoms with Crippen LogP contribution in [0.4, 0.5) is 13.6 Å². The molecule has 0 unspecified atom stereocenters. The number of methoxy groups -OCH3 is 1. The third-order valence-electron chi connectivity index (χ3n) is 9.27. The van der Waals surface area contributed by atoms with E-state index in [1.165, 1.54) is 13.2 Å². The van der Waals surface area contributed by atoms with Gasteiger partial charge in [-0.2, -0.15) is 0 Å². The van der Waals surface area contributed by atoms with Crippen LogP contribution in [-0.4, -0.2) is 56.9 Å². The zero-order chi connectivity index (χ0) is 34.4. The predicted octanol–water partition coefficient (Wildman–Crippen LogP) is 6.92. The second-order valence-corrected chi connectivity index (χ2v) is 13.1. The number of amides is 1. The molecule has 1 atom stereocenters. The second kappa shape index (κ2) is 12.6. The molecule has 10 nitrogen and oxygen atoms in total. The molecule has 0 saturated carbocycles. The maximum absolute atomic E-state index is 15.8. The maximum Gasteiger partial charge on any atom is 0.410 e. The SMILES string of the molecule is COC(=O)N1Cc2ccc(COc3cccc(-c4cc(F)c(Cc5nc6ccc(C(=O)O)cc6n5[C@@H]5COCC5(C)C)cc4F)n3)cc2C1. The van der Waals surface area contributed by atoms with Crippen molar-refractivity contribution < 1.29 is 37.7 Å². The average Bonchev–Trinajstić information content (AvgIpc) is 3.77. The van der Waals surface area contributed by atoms with Crippen LogP contribution in [0.3, 0.4) is 0 Å². The van der Waals surface area contributed by atoms with Gasteiger partial charge in [0.2, 0.25) is 5.88 Å². The molecule has 7 rings (SSSR count). The normalized spacial score (nSPS) is 16.6. The number of aromatic carboxylic acids is 1. The molecule has 0 bridgehead atoms. The van der Waals surface area contributed by atoms with Crippen LogP contribution in [0.25, 0.3) is 22.3 Å². The number of hydrogen-bond donors (Lipinski definition) is 1. The van der Waals surface area contributed by atoms with Crippen molar-refractivity contribution in [3.63, 3.8) is 0 Å². The third-order valence-corrected chi connectivity index (χ3v) is 9.27. The van der Waals surface area contributed by atoms with Gasteiger partial charge in [-0.05, 0) is 58.7 Å². The number of carboxylic acid groups (broad SMARTS) is 1. The Bertz CT molecular complexity index is 2110. The lowest BCUT2D eigenvalue weighted by atomic mass is 9.87. The summed E-state index contributed by atoms with van der Waals surface area (Å²) >= 11 is 0. The molecule has 12 heteroatoms. The summed E-state index contributed by atoms with van der Waals surface area (Å²) in [7, 11) is 1.35. The van der Waals surface area contributed by atoms with Gasteiger partial charge in [0, 0.05) is 36.6 Å². The molecule has 5 aromatic rings. The van der Waals surface area contributed by atoms with E-state index < -0.39 is 17.6 Å². The van der Waals surface area contributed by atoms with Crippen molar-refractivity contribution in [2.45, 2.75) is 46.0 Å². The number of carbonyl (C=O) groups excluding carboxylic acids is 1. The summed E-state index contributed by atoms with van der Waals surface area (Å²) in [6.07, 6.45) is -0.410. The topological polar surface area (TPSA) is 116 Å². The van der Waals surface area contributed by atoms with E-state index in [-0.39, 0.29) is 58.8 Å². The minimum absolute atomic E-state index is 0.0166. The molecule has 1 N–H and O–H groups in total. The lowest BCUT2D eigenvalue weighted by molar-refractivity contribution is 0.0697. The van der Waals surface area contributed by atoms with Crippen LogP contribution in [0.15, 0.2) is 66.7 Å². The second-order valence-electron chi connectivity index (χ2n) is 13.1. The Morgan fingerprint density at radius 1 is 1.00 bits per heavy atom. The van der Waals surface area contributed by atoms with Crippen LogP contribution in [0.5, 0.6) is 5.88 Å². The highest BCUT2D eigenvalue weighted by molar-refractivity contribution is 5.92. The number of carboxylic acids is 1. The Hall–Kier alpha value is -5.36. The highest BCUT2D eigenvalue weighted by atomic mass is 19.1. The Labute approximate surface area is 280 Å². The molecule has 2 aromatic heterocycles. The van der Waals surface area contributed by atoms with Crippen LogP contribution in [0.1, 0.15) is 58.3 Å². The van der Waals surface area contributed by atoms with Crippen molar-refractivity contribution in [1.82, 2.24) is 19.4 Å². The van der Waals surface area contributed by atoms with E-state index in [0.717, 1.165) is 28.8 Å². The molecule has 0 spiro atoms. The first-order chi connectivity index (χ1) is 23.5. The number of aromatic nitrogens is 3. The van der Waals surface area contributed by atoms with Crippen molar-refractivity contribution in [2.75, 3.05) is 20.3 Å². The molecule has 4 heterocycles. The Morgan fingerprint density at radius 3 is 2.57 bits per heavy atom. The number of nitrogens with zero attached hydrogens (tertiary/aromatic N) is 4. The lowest BCUT2D eigenvalue weighted by Crippen LogP contribution is -2.27. The molecule has 2 aliphatic heterocycles. The average molecular weight is 669 g/mol. The number of benzene rings is 3. The lowest BCUT2D eigenvalue weighted by Gasteiger charge is -2.28. The molecule has 1 fully saturated rings. The zero-order valence-electron chi connectivity index (χ0n) is 27.2.